The van der Waals surface area contributed by atoms with Gasteiger partial charge in [0.15, 0.2) is 9.84 Å². The first-order chi connectivity index (χ1) is 8.61. The van der Waals surface area contributed by atoms with Crippen LogP contribution in [0.5, 0.6) is 0 Å². The molecule has 0 bridgehead atoms. The Kier molecular flexibility index (Phi) is 2.64. The Morgan fingerprint density at radius 1 is 1.50 bits per heavy atom. The van der Waals surface area contributed by atoms with Gasteiger partial charge in [-0.3, -0.25) is 0 Å². The highest BCUT2D eigenvalue weighted by Crippen LogP contribution is 2.29. The van der Waals surface area contributed by atoms with Crippen molar-refractivity contribution < 1.29 is 8.42 Å². The minimum absolute atomic E-state index is 0.00512. The fourth-order valence-corrected chi connectivity index (χ4v) is 4.31. The fourth-order valence-electron chi connectivity index (χ4n) is 2.57. The summed E-state index contributed by atoms with van der Waals surface area (Å²) in [6.07, 6.45) is 4.36. The van der Waals surface area contributed by atoms with Gasteiger partial charge in [-0.1, -0.05) is 6.07 Å². The van der Waals surface area contributed by atoms with Crippen LogP contribution >= 0.6 is 0 Å². The van der Waals surface area contributed by atoms with Crippen LogP contribution in [0.15, 0.2) is 24.5 Å². The Balaban J connectivity index is 2.09. The van der Waals surface area contributed by atoms with Crippen LogP contribution in [-0.4, -0.2) is 29.3 Å². The number of rotatable bonds is 2. The molecular weight excluding hydrogens is 250 g/mol. The molecule has 1 aliphatic heterocycles. The number of imidazole rings is 1. The van der Waals surface area contributed by atoms with Gasteiger partial charge in [-0.2, -0.15) is 0 Å². The maximum atomic E-state index is 11.5. The minimum atomic E-state index is -2.88. The van der Waals surface area contributed by atoms with E-state index in [0.717, 1.165) is 16.9 Å². The Morgan fingerprint density at radius 2 is 2.33 bits per heavy atom. The zero-order valence-electron chi connectivity index (χ0n) is 9.91. The van der Waals surface area contributed by atoms with E-state index in [1.54, 1.807) is 6.20 Å². The van der Waals surface area contributed by atoms with Crippen molar-refractivity contribution >= 4 is 15.4 Å². The van der Waals surface area contributed by atoms with Crippen molar-refractivity contribution in [1.82, 2.24) is 9.38 Å². The lowest BCUT2D eigenvalue weighted by Gasteiger charge is -2.08. The molecule has 3 heterocycles. The number of hydrogen-bond donors (Lipinski definition) is 1. The average molecular weight is 265 g/mol. The first kappa shape index (κ1) is 11.7. The number of hydrogen-bond acceptors (Lipinski definition) is 4. The van der Waals surface area contributed by atoms with Crippen LogP contribution < -0.4 is 5.73 Å². The van der Waals surface area contributed by atoms with E-state index in [9.17, 15) is 8.42 Å². The van der Waals surface area contributed by atoms with Gasteiger partial charge in [0.2, 0.25) is 0 Å². The molecule has 2 aromatic heterocycles. The van der Waals surface area contributed by atoms with E-state index in [4.69, 9.17) is 5.73 Å². The Bertz CT molecular complexity index is 690. The summed E-state index contributed by atoms with van der Waals surface area (Å²) in [5.74, 6) is 1.31. The third-order valence-corrected chi connectivity index (χ3v) is 5.27. The predicted molar refractivity (Wildman–Crippen MR) is 69.1 cm³/mol. The van der Waals surface area contributed by atoms with E-state index < -0.39 is 9.84 Å². The van der Waals surface area contributed by atoms with Gasteiger partial charge in [-0.05, 0) is 18.1 Å². The van der Waals surface area contributed by atoms with Crippen molar-refractivity contribution in [2.45, 2.75) is 18.9 Å². The molecule has 1 fully saturated rings. The first-order valence-corrected chi connectivity index (χ1v) is 7.78. The third kappa shape index (κ3) is 1.81. The molecule has 0 radical (unpaired) electrons. The zero-order valence-corrected chi connectivity index (χ0v) is 10.7. The Morgan fingerprint density at radius 3 is 3.00 bits per heavy atom. The van der Waals surface area contributed by atoms with Crippen LogP contribution in [0.25, 0.3) is 5.52 Å². The van der Waals surface area contributed by atoms with Crippen molar-refractivity contribution in [3.8, 4) is 0 Å². The molecule has 0 aliphatic carbocycles. The molecule has 2 aromatic rings. The van der Waals surface area contributed by atoms with Crippen LogP contribution in [0.1, 0.15) is 23.7 Å². The van der Waals surface area contributed by atoms with Crippen LogP contribution in [0.3, 0.4) is 0 Å². The van der Waals surface area contributed by atoms with Gasteiger partial charge >= 0.3 is 0 Å². The molecule has 1 unspecified atom stereocenters. The van der Waals surface area contributed by atoms with Gasteiger partial charge < -0.3 is 10.1 Å². The van der Waals surface area contributed by atoms with Gasteiger partial charge in [0.1, 0.15) is 5.82 Å². The number of nitrogens with zero attached hydrogens (tertiary/aromatic N) is 2. The maximum Gasteiger partial charge on any atom is 0.151 e. The molecule has 0 saturated carbocycles. The van der Waals surface area contributed by atoms with Crippen molar-refractivity contribution in [2.75, 3.05) is 11.5 Å². The lowest BCUT2D eigenvalue weighted by Crippen LogP contribution is -2.07. The number of fused-ring (bicyclic) bond motifs is 1. The smallest absolute Gasteiger partial charge is 0.151 e. The maximum absolute atomic E-state index is 11.5. The molecule has 0 aromatic carbocycles. The average Bonchev–Trinajstić information content (AvgIpc) is 2.91. The van der Waals surface area contributed by atoms with Crippen molar-refractivity contribution in [3.63, 3.8) is 0 Å². The number of aromatic nitrogens is 2. The molecule has 1 atom stereocenters. The SMILES string of the molecule is NCc1cccn2c(C3CCS(=O)(=O)C3)ncc12. The summed E-state index contributed by atoms with van der Waals surface area (Å²) in [4.78, 5) is 4.39. The summed E-state index contributed by atoms with van der Waals surface area (Å²) in [7, 11) is -2.88. The van der Waals surface area contributed by atoms with Gasteiger partial charge in [0, 0.05) is 18.7 Å². The summed E-state index contributed by atoms with van der Waals surface area (Å²) in [6, 6.07) is 3.88. The van der Waals surface area contributed by atoms with Crippen LogP contribution in [0.2, 0.25) is 0 Å². The zero-order chi connectivity index (χ0) is 12.8. The van der Waals surface area contributed by atoms with E-state index >= 15 is 0 Å². The highest BCUT2D eigenvalue weighted by molar-refractivity contribution is 7.91. The van der Waals surface area contributed by atoms with E-state index in [1.165, 1.54) is 0 Å². The number of pyridine rings is 1. The predicted octanol–water partition coefficient (Wildman–Crippen LogP) is 0.695. The summed E-state index contributed by atoms with van der Waals surface area (Å²) in [6.45, 7) is 0.457. The highest BCUT2D eigenvalue weighted by atomic mass is 32.2. The Hall–Kier alpha value is -1.40. The molecule has 96 valence electrons. The first-order valence-electron chi connectivity index (χ1n) is 5.96. The lowest BCUT2D eigenvalue weighted by molar-refractivity contribution is 0.601. The van der Waals surface area contributed by atoms with E-state index in [1.807, 2.05) is 22.7 Å². The van der Waals surface area contributed by atoms with E-state index in [0.29, 0.717) is 13.0 Å². The normalized spacial score (nSPS) is 22.6. The van der Waals surface area contributed by atoms with Crippen molar-refractivity contribution in [1.29, 1.82) is 0 Å². The standard InChI is InChI=1S/C12H15N3O2S/c13-6-9-2-1-4-15-11(9)7-14-12(15)10-3-5-18(16,17)8-10/h1-2,4,7,10H,3,5-6,8,13H2. The molecule has 3 rings (SSSR count). The summed E-state index contributed by atoms with van der Waals surface area (Å²) >= 11 is 0. The summed E-state index contributed by atoms with van der Waals surface area (Å²) < 4.78 is 25.0. The molecule has 1 saturated heterocycles. The van der Waals surface area contributed by atoms with Gasteiger partial charge in [-0.25, -0.2) is 13.4 Å². The minimum Gasteiger partial charge on any atom is -0.326 e. The van der Waals surface area contributed by atoms with Crippen LogP contribution in [0.4, 0.5) is 0 Å². The molecule has 6 heteroatoms. The molecule has 2 N–H and O–H groups in total. The second kappa shape index (κ2) is 4.07. The molecule has 1 aliphatic rings. The van der Waals surface area contributed by atoms with Gasteiger partial charge in [0.25, 0.3) is 0 Å². The molecule has 0 spiro atoms. The quantitative estimate of drug-likeness (QED) is 0.867. The van der Waals surface area contributed by atoms with Gasteiger partial charge in [-0.15, -0.1) is 0 Å². The number of nitrogens with two attached hydrogens (primary N) is 1. The molecule has 18 heavy (non-hydrogen) atoms. The summed E-state index contributed by atoms with van der Waals surface area (Å²) in [5, 5.41) is 0. The Labute approximate surface area is 106 Å². The second-order valence-corrected chi connectivity index (χ2v) is 6.94. The van der Waals surface area contributed by atoms with Gasteiger partial charge in [0.05, 0.1) is 23.2 Å². The van der Waals surface area contributed by atoms with E-state index in [2.05, 4.69) is 4.98 Å². The highest BCUT2D eigenvalue weighted by Gasteiger charge is 2.31. The number of sulfone groups is 1. The van der Waals surface area contributed by atoms with Crippen molar-refractivity contribution in [2.24, 2.45) is 5.73 Å². The van der Waals surface area contributed by atoms with E-state index in [-0.39, 0.29) is 17.4 Å². The molecular formula is C12H15N3O2S. The third-order valence-electron chi connectivity index (χ3n) is 3.50. The monoisotopic (exact) mass is 265 g/mol. The van der Waals surface area contributed by atoms with Crippen LogP contribution in [0, 0.1) is 0 Å². The molecule has 5 nitrogen and oxygen atoms in total. The van der Waals surface area contributed by atoms with Crippen LogP contribution in [-0.2, 0) is 16.4 Å². The molecule has 0 amide bonds. The summed E-state index contributed by atoms with van der Waals surface area (Å²) in [5.41, 5.74) is 7.68. The lowest BCUT2D eigenvalue weighted by atomic mass is 10.1. The largest absolute Gasteiger partial charge is 0.326 e. The fraction of sp³-hybridized carbons (Fsp3) is 0.417. The second-order valence-electron chi connectivity index (χ2n) is 4.71. The van der Waals surface area contributed by atoms with Crippen molar-refractivity contribution in [3.05, 3.63) is 35.9 Å². The topological polar surface area (TPSA) is 77.5 Å².